The fraction of sp³-hybridized carbons (Fsp3) is 0.0556. The van der Waals surface area contributed by atoms with Crippen molar-refractivity contribution < 1.29 is 18.3 Å². The van der Waals surface area contributed by atoms with E-state index in [1.165, 1.54) is 24.5 Å². The zero-order valence-electron chi connectivity index (χ0n) is 14.6. The van der Waals surface area contributed by atoms with Crippen molar-refractivity contribution in [2.75, 3.05) is 6.26 Å². The Morgan fingerprint density at radius 1 is 1.18 bits per heavy atom. The predicted octanol–water partition coefficient (Wildman–Crippen LogP) is 1.41. The van der Waals surface area contributed by atoms with Gasteiger partial charge in [-0.05, 0) is 29.8 Å². The van der Waals surface area contributed by atoms with E-state index in [4.69, 9.17) is 0 Å². The first-order valence-corrected chi connectivity index (χ1v) is 9.84. The van der Waals surface area contributed by atoms with E-state index in [9.17, 15) is 18.3 Å². The molecule has 3 rings (SSSR count). The molecule has 1 aromatic carbocycles. The van der Waals surface area contributed by atoms with Crippen LogP contribution >= 0.6 is 0 Å². The second-order valence-electron chi connectivity index (χ2n) is 5.69. The van der Waals surface area contributed by atoms with E-state index in [0.29, 0.717) is 11.3 Å². The van der Waals surface area contributed by atoms with Gasteiger partial charge >= 0.3 is 0 Å². The molecular weight excluding hydrogens is 382 g/mol. The average Bonchev–Trinajstić information content (AvgIpc) is 2.68. The molecule has 0 fully saturated rings. The summed E-state index contributed by atoms with van der Waals surface area (Å²) in [6, 6.07) is 11.2. The zero-order chi connectivity index (χ0) is 20.1. The number of amides is 1. The molecular formula is C18H15N5O4S. The molecule has 2 N–H and O–H groups in total. The van der Waals surface area contributed by atoms with Gasteiger partial charge in [0.15, 0.2) is 15.7 Å². The highest BCUT2D eigenvalue weighted by atomic mass is 32.2. The second kappa shape index (κ2) is 7.92. The second-order valence-corrected chi connectivity index (χ2v) is 7.71. The van der Waals surface area contributed by atoms with Gasteiger partial charge in [-0.15, -0.1) is 0 Å². The Morgan fingerprint density at radius 2 is 2.00 bits per heavy atom. The van der Waals surface area contributed by atoms with E-state index in [1.54, 1.807) is 36.5 Å². The first kappa shape index (κ1) is 19.1. The number of rotatable bonds is 5. The maximum absolute atomic E-state index is 12.2. The van der Waals surface area contributed by atoms with Gasteiger partial charge in [-0.25, -0.2) is 18.8 Å². The van der Waals surface area contributed by atoms with Crippen LogP contribution in [-0.2, 0) is 9.84 Å². The lowest BCUT2D eigenvalue weighted by molar-refractivity contribution is 0.0951. The minimum Gasteiger partial charge on any atom is -0.493 e. The monoisotopic (exact) mass is 397 g/mol. The number of sulfone groups is 1. The van der Waals surface area contributed by atoms with Crippen molar-refractivity contribution in [3.8, 4) is 17.4 Å². The number of hydrogen-bond acceptors (Lipinski definition) is 8. The van der Waals surface area contributed by atoms with Crippen LogP contribution in [0.2, 0.25) is 0 Å². The molecule has 2 heterocycles. The van der Waals surface area contributed by atoms with Gasteiger partial charge < -0.3 is 5.11 Å². The molecule has 0 aliphatic heterocycles. The maximum Gasteiger partial charge on any atom is 0.278 e. The normalized spacial score (nSPS) is 11.5. The number of aromatic hydroxyl groups is 1. The highest BCUT2D eigenvalue weighted by Gasteiger charge is 2.15. The molecule has 9 nitrogen and oxygen atoms in total. The number of hydrazone groups is 1. The van der Waals surface area contributed by atoms with E-state index >= 15 is 0 Å². The van der Waals surface area contributed by atoms with Crippen molar-refractivity contribution >= 4 is 22.0 Å². The molecule has 28 heavy (non-hydrogen) atoms. The number of pyridine rings is 1. The summed E-state index contributed by atoms with van der Waals surface area (Å²) in [5, 5.41) is 13.8. The van der Waals surface area contributed by atoms with Crippen LogP contribution < -0.4 is 5.43 Å². The third-order valence-electron chi connectivity index (χ3n) is 3.57. The van der Waals surface area contributed by atoms with Crippen molar-refractivity contribution in [1.29, 1.82) is 0 Å². The Kier molecular flexibility index (Phi) is 5.41. The molecule has 3 aromatic rings. The van der Waals surface area contributed by atoms with Gasteiger partial charge in [-0.1, -0.05) is 18.2 Å². The molecule has 142 valence electrons. The highest BCUT2D eigenvalue weighted by molar-refractivity contribution is 7.90. The van der Waals surface area contributed by atoms with Crippen molar-refractivity contribution in [3.05, 3.63) is 66.0 Å². The summed E-state index contributed by atoms with van der Waals surface area (Å²) in [4.78, 5) is 24.3. The average molecular weight is 397 g/mol. The summed E-state index contributed by atoms with van der Waals surface area (Å²) in [6.07, 6.45) is 5.11. The van der Waals surface area contributed by atoms with Crippen molar-refractivity contribution in [2.45, 2.75) is 4.90 Å². The van der Waals surface area contributed by atoms with E-state index in [1.807, 2.05) is 0 Å². The van der Waals surface area contributed by atoms with Gasteiger partial charge in [0.1, 0.15) is 11.3 Å². The minimum absolute atomic E-state index is 0.138. The Hall–Kier alpha value is -3.66. The summed E-state index contributed by atoms with van der Waals surface area (Å²) in [6.45, 7) is 0. The van der Waals surface area contributed by atoms with Crippen molar-refractivity contribution in [3.63, 3.8) is 0 Å². The lowest BCUT2D eigenvalue weighted by Crippen LogP contribution is -2.18. The number of carbonyl (C=O) groups excluding carboxylic acids is 1. The SMILES string of the molecule is CS(=O)(=O)c1cccc(/C=N/NC(=O)c2cnc(-c3ccccn3)nc2O)c1. The predicted molar refractivity (Wildman–Crippen MR) is 102 cm³/mol. The van der Waals surface area contributed by atoms with Gasteiger partial charge in [-0.2, -0.15) is 10.1 Å². The summed E-state index contributed by atoms with van der Waals surface area (Å²) >= 11 is 0. The molecule has 10 heteroatoms. The molecule has 0 radical (unpaired) electrons. The Bertz CT molecular complexity index is 1150. The van der Waals surface area contributed by atoms with Crippen LogP contribution in [-0.4, -0.2) is 46.9 Å². The third kappa shape index (κ3) is 4.54. The zero-order valence-corrected chi connectivity index (χ0v) is 15.5. The summed E-state index contributed by atoms with van der Waals surface area (Å²) in [5.41, 5.74) is 3.00. The first-order valence-electron chi connectivity index (χ1n) is 7.95. The topological polar surface area (TPSA) is 134 Å². The number of nitrogens with zero attached hydrogens (tertiary/aromatic N) is 4. The number of benzene rings is 1. The van der Waals surface area contributed by atoms with E-state index in [0.717, 1.165) is 6.26 Å². The van der Waals surface area contributed by atoms with Gasteiger partial charge in [0.05, 0.1) is 11.1 Å². The van der Waals surface area contributed by atoms with Crippen molar-refractivity contribution in [2.24, 2.45) is 5.10 Å². The molecule has 0 bridgehead atoms. The van der Waals surface area contributed by atoms with E-state index < -0.39 is 21.6 Å². The smallest absolute Gasteiger partial charge is 0.278 e. The van der Waals surface area contributed by atoms with Crippen LogP contribution in [0.3, 0.4) is 0 Å². The molecule has 0 saturated carbocycles. The lowest BCUT2D eigenvalue weighted by Gasteiger charge is -2.04. The summed E-state index contributed by atoms with van der Waals surface area (Å²) in [5.74, 6) is -1.06. The Morgan fingerprint density at radius 3 is 2.68 bits per heavy atom. The Balaban J connectivity index is 1.72. The van der Waals surface area contributed by atoms with Crippen LogP contribution in [0, 0.1) is 0 Å². The van der Waals surface area contributed by atoms with E-state index in [-0.39, 0.29) is 16.3 Å². The fourth-order valence-corrected chi connectivity index (χ4v) is 2.88. The molecule has 0 aliphatic rings. The first-order chi connectivity index (χ1) is 13.3. The van der Waals surface area contributed by atoms with Gasteiger partial charge in [-0.3, -0.25) is 9.78 Å². The number of hydrogen-bond donors (Lipinski definition) is 2. The highest BCUT2D eigenvalue weighted by Crippen LogP contribution is 2.18. The number of nitrogens with one attached hydrogen (secondary N) is 1. The van der Waals surface area contributed by atoms with Gasteiger partial charge in [0.25, 0.3) is 5.91 Å². The number of carbonyl (C=O) groups is 1. The van der Waals surface area contributed by atoms with Crippen LogP contribution in [0.25, 0.3) is 11.5 Å². The molecule has 2 aromatic heterocycles. The fourth-order valence-electron chi connectivity index (χ4n) is 2.20. The van der Waals surface area contributed by atoms with Crippen LogP contribution in [0.4, 0.5) is 0 Å². The quantitative estimate of drug-likeness (QED) is 0.491. The minimum atomic E-state index is -3.35. The Labute approximate surface area is 160 Å². The van der Waals surface area contributed by atoms with Gasteiger partial charge in [0, 0.05) is 18.6 Å². The lowest BCUT2D eigenvalue weighted by atomic mass is 10.2. The summed E-state index contributed by atoms with van der Waals surface area (Å²) in [7, 11) is -3.35. The molecule has 1 amide bonds. The molecule has 0 unspecified atom stereocenters. The van der Waals surface area contributed by atoms with Crippen LogP contribution in [0.1, 0.15) is 15.9 Å². The largest absolute Gasteiger partial charge is 0.493 e. The standard InChI is InChI=1S/C18H15N5O4S/c1-28(26,27)13-6-4-5-12(9-13)10-21-23-18(25)14-11-20-16(22-17(14)24)15-7-2-3-8-19-15/h2-11H,1H3,(H,23,25)(H,20,22,24)/b21-10+. The van der Waals surface area contributed by atoms with Crippen molar-refractivity contribution in [1.82, 2.24) is 20.4 Å². The molecule has 0 aliphatic carbocycles. The van der Waals surface area contributed by atoms with E-state index in [2.05, 4.69) is 25.5 Å². The third-order valence-corrected chi connectivity index (χ3v) is 4.68. The number of aromatic nitrogens is 3. The van der Waals surface area contributed by atoms with Crippen LogP contribution in [0.5, 0.6) is 5.88 Å². The van der Waals surface area contributed by atoms with Crippen LogP contribution in [0.15, 0.2) is 64.9 Å². The molecule has 0 saturated heterocycles. The maximum atomic E-state index is 12.2. The molecule has 0 atom stereocenters. The molecule has 0 spiro atoms. The summed E-state index contributed by atoms with van der Waals surface area (Å²) < 4.78 is 23.1. The van der Waals surface area contributed by atoms with Gasteiger partial charge in [0.2, 0.25) is 5.88 Å².